The van der Waals surface area contributed by atoms with Crippen molar-refractivity contribution in [1.82, 2.24) is 4.90 Å². The smallest absolute Gasteiger partial charge is 0.174 e. The zero-order valence-corrected chi connectivity index (χ0v) is 12.7. The number of nitrogens with zero attached hydrogens (tertiary/aromatic N) is 2. The van der Waals surface area contributed by atoms with E-state index in [0.717, 1.165) is 0 Å². The maximum atomic E-state index is 2.51. The SMILES string of the molecule is CC(/C=C(\C)N1CCCC1)=[N+]1CCCC1.[I-]. The molecule has 0 N–H and O–H groups in total. The number of hydrogen-bond acceptors (Lipinski definition) is 1. The van der Waals surface area contributed by atoms with Crippen LogP contribution in [0.2, 0.25) is 0 Å². The molecule has 0 aromatic rings. The lowest BCUT2D eigenvalue weighted by atomic mass is 10.3. The lowest BCUT2D eigenvalue weighted by Crippen LogP contribution is -3.00. The molecule has 0 unspecified atom stereocenters. The molecule has 0 radical (unpaired) electrons. The minimum Gasteiger partial charge on any atom is -1.00 e. The summed E-state index contributed by atoms with van der Waals surface area (Å²) in [6.45, 7) is 9.55. The average molecular weight is 334 g/mol. The predicted molar refractivity (Wildman–Crippen MR) is 64.5 cm³/mol. The fourth-order valence-electron chi connectivity index (χ4n) is 2.62. The van der Waals surface area contributed by atoms with Crippen molar-refractivity contribution in [1.29, 1.82) is 0 Å². The molecule has 0 aliphatic carbocycles. The van der Waals surface area contributed by atoms with Crippen molar-refractivity contribution in [3.05, 3.63) is 11.8 Å². The van der Waals surface area contributed by atoms with Crippen LogP contribution < -0.4 is 24.0 Å². The largest absolute Gasteiger partial charge is 1.00 e. The van der Waals surface area contributed by atoms with Gasteiger partial charge in [0.05, 0.1) is 0 Å². The van der Waals surface area contributed by atoms with Crippen molar-refractivity contribution in [2.75, 3.05) is 26.2 Å². The molecule has 0 bridgehead atoms. The minimum atomic E-state index is 0. The quantitative estimate of drug-likeness (QED) is 0.476. The zero-order chi connectivity index (χ0) is 10.7. The van der Waals surface area contributed by atoms with E-state index in [-0.39, 0.29) is 24.0 Å². The molecule has 0 atom stereocenters. The summed E-state index contributed by atoms with van der Waals surface area (Å²) < 4.78 is 2.51. The molecule has 0 saturated carbocycles. The Bertz CT molecular complexity index is 280. The summed E-state index contributed by atoms with van der Waals surface area (Å²) in [5.74, 6) is 0. The fourth-order valence-corrected chi connectivity index (χ4v) is 2.62. The Balaban J connectivity index is 0.00000128. The molecule has 0 amide bonds. The van der Waals surface area contributed by atoms with Crippen LogP contribution in [-0.2, 0) is 0 Å². The van der Waals surface area contributed by atoms with E-state index in [1.165, 1.54) is 63.3 Å². The second kappa shape index (κ2) is 6.62. The van der Waals surface area contributed by atoms with Crippen LogP contribution in [-0.4, -0.2) is 41.4 Å². The minimum absolute atomic E-state index is 0. The second-order valence-electron chi connectivity index (χ2n) is 4.82. The molecular weight excluding hydrogens is 311 g/mol. The molecule has 2 heterocycles. The molecule has 3 heteroatoms. The van der Waals surface area contributed by atoms with Crippen molar-refractivity contribution in [2.24, 2.45) is 0 Å². The van der Waals surface area contributed by atoms with Gasteiger partial charge in [0.15, 0.2) is 5.71 Å². The van der Waals surface area contributed by atoms with E-state index < -0.39 is 0 Å². The molecule has 2 rings (SSSR count). The Labute approximate surface area is 116 Å². The van der Waals surface area contributed by atoms with E-state index in [2.05, 4.69) is 29.4 Å². The van der Waals surface area contributed by atoms with Gasteiger partial charge in [-0.25, -0.2) is 4.58 Å². The van der Waals surface area contributed by atoms with Gasteiger partial charge in [0, 0.05) is 44.6 Å². The van der Waals surface area contributed by atoms with E-state index in [1.807, 2.05) is 0 Å². The van der Waals surface area contributed by atoms with Crippen LogP contribution in [0.4, 0.5) is 0 Å². The molecule has 0 aromatic heterocycles. The lowest BCUT2D eigenvalue weighted by Gasteiger charge is -2.17. The summed E-state index contributed by atoms with van der Waals surface area (Å²) in [7, 11) is 0. The van der Waals surface area contributed by atoms with Gasteiger partial charge in [-0.05, 0) is 19.8 Å². The Morgan fingerprint density at radius 3 is 2.12 bits per heavy atom. The summed E-state index contributed by atoms with van der Waals surface area (Å²) in [6.07, 6.45) is 7.85. The molecule has 2 saturated heterocycles. The maximum absolute atomic E-state index is 2.51. The standard InChI is InChI=1S/C13H23N2.HI/c1-12(14-7-3-4-8-14)11-13(2)15-9-5-6-10-15;/h11H,3-10H2,1-2H3;1H/q+1;/p-1. The lowest BCUT2D eigenvalue weighted by molar-refractivity contribution is -0.505. The first-order chi connectivity index (χ1) is 7.27. The number of allylic oxidation sites excluding steroid dienone is 2. The van der Waals surface area contributed by atoms with Crippen LogP contribution in [0.15, 0.2) is 11.8 Å². The average Bonchev–Trinajstić information content (AvgIpc) is 2.91. The highest BCUT2D eigenvalue weighted by Gasteiger charge is 2.17. The first kappa shape index (κ1) is 14.0. The molecule has 2 aliphatic heterocycles. The van der Waals surface area contributed by atoms with Gasteiger partial charge in [0.25, 0.3) is 0 Å². The highest BCUT2D eigenvalue weighted by atomic mass is 127. The van der Waals surface area contributed by atoms with Crippen LogP contribution >= 0.6 is 0 Å². The Kier molecular flexibility index (Phi) is 5.79. The molecule has 2 fully saturated rings. The van der Waals surface area contributed by atoms with Gasteiger partial charge < -0.3 is 28.9 Å². The number of rotatable bonds is 2. The van der Waals surface area contributed by atoms with Gasteiger partial charge in [-0.3, -0.25) is 0 Å². The van der Waals surface area contributed by atoms with E-state index in [1.54, 1.807) is 0 Å². The summed E-state index contributed by atoms with van der Waals surface area (Å²) in [6, 6.07) is 0. The van der Waals surface area contributed by atoms with Crippen molar-refractivity contribution >= 4 is 5.71 Å². The summed E-state index contributed by atoms with van der Waals surface area (Å²) in [5.41, 5.74) is 2.91. The third kappa shape index (κ3) is 3.47. The third-order valence-corrected chi connectivity index (χ3v) is 3.63. The van der Waals surface area contributed by atoms with Gasteiger partial charge in [-0.15, -0.1) is 0 Å². The highest BCUT2D eigenvalue weighted by molar-refractivity contribution is 5.89. The monoisotopic (exact) mass is 334 g/mol. The molecule has 2 nitrogen and oxygen atoms in total. The second-order valence-corrected chi connectivity index (χ2v) is 4.82. The number of likely N-dealkylation sites (tertiary alicyclic amines) is 1. The van der Waals surface area contributed by atoms with Gasteiger partial charge in [0.2, 0.25) is 0 Å². The van der Waals surface area contributed by atoms with Crippen LogP contribution in [0.25, 0.3) is 0 Å². The Hall–Kier alpha value is -0.0600. The number of hydrogen-bond donors (Lipinski definition) is 0. The molecule has 16 heavy (non-hydrogen) atoms. The van der Waals surface area contributed by atoms with Crippen LogP contribution in [0.1, 0.15) is 39.5 Å². The van der Waals surface area contributed by atoms with Crippen LogP contribution in [0.5, 0.6) is 0 Å². The Morgan fingerprint density at radius 2 is 1.56 bits per heavy atom. The molecule has 2 aliphatic rings. The molecule has 0 spiro atoms. The topological polar surface area (TPSA) is 6.25 Å². The predicted octanol–water partition coefficient (Wildman–Crippen LogP) is -0.743. The zero-order valence-electron chi connectivity index (χ0n) is 10.5. The first-order valence-electron chi connectivity index (χ1n) is 6.29. The first-order valence-corrected chi connectivity index (χ1v) is 6.29. The van der Waals surface area contributed by atoms with Gasteiger partial charge in [-0.2, -0.15) is 0 Å². The van der Waals surface area contributed by atoms with Gasteiger partial charge >= 0.3 is 0 Å². The van der Waals surface area contributed by atoms with Crippen LogP contribution in [0.3, 0.4) is 0 Å². The summed E-state index contributed by atoms with van der Waals surface area (Å²) >= 11 is 0. The van der Waals surface area contributed by atoms with Crippen molar-refractivity contribution in [2.45, 2.75) is 39.5 Å². The summed E-state index contributed by atoms with van der Waals surface area (Å²) in [4.78, 5) is 2.51. The highest BCUT2D eigenvalue weighted by Crippen LogP contribution is 2.14. The van der Waals surface area contributed by atoms with Crippen molar-refractivity contribution in [3.8, 4) is 0 Å². The van der Waals surface area contributed by atoms with Crippen molar-refractivity contribution < 1.29 is 28.6 Å². The summed E-state index contributed by atoms with van der Waals surface area (Å²) in [5, 5.41) is 0. The fraction of sp³-hybridized carbons (Fsp3) is 0.769. The van der Waals surface area contributed by atoms with Crippen molar-refractivity contribution in [3.63, 3.8) is 0 Å². The van der Waals surface area contributed by atoms with Crippen LogP contribution in [0, 0.1) is 0 Å². The van der Waals surface area contributed by atoms with E-state index in [4.69, 9.17) is 0 Å². The van der Waals surface area contributed by atoms with E-state index in [0.29, 0.717) is 0 Å². The molecule has 92 valence electrons. The maximum Gasteiger partial charge on any atom is 0.174 e. The van der Waals surface area contributed by atoms with E-state index in [9.17, 15) is 0 Å². The van der Waals surface area contributed by atoms with Gasteiger partial charge in [-0.1, -0.05) is 0 Å². The molecular formula is C13H23IN2. The normalized spacial score (nSPS) is 21.2. The Morgan fingerprint density at radius 1 is 1.00 bits per heavy atom. The van der Waals surface area contributed by atoms with Gasteiger partial charge in [0.1, 0.15) is 13.1 Å². The number of halogens is 1. The third-order valence-electron chi connectivity index (χ3n) is 3.63. The van der Waals surface area contributed by atoms with E-state index >= 15 is 0 Å². The molecule has 0 aromatic carbocycles.